The molecule has 1 aromatic carbocycles. The summed E-state index contributed by atoms with van der Waals surface area (Å²) in [5.41, 5.74) is 0.352. The molecule has 0 amide bonds. The van der Waals surface area contributed by atoms with Crippen LogP contribution < -0.4 is 0 Å². The van der Waals surface area contributed by atoms with Crippen LogP contribution >= 0.6 is 11.6 Å². The number of aromatic hydroxyl groups is 1. The number of benzene rings is 1. The Morgan fingerprint density at radius 1 is 1.35 bits per heavy atom. The number of pyridine rings is 1. The van der Waals surface area contributed by atoms with Gasteiger partial charge in [-0.1, -0.05) is 11.6 Å². The first-order chi connectivity index (χ1) is 8.11. The molecule has 0 bridgehead atoms. The first kappa shape index (κ1) is 11.5. The van der Waals surface area contributed by atoms with Gasteiger partial charge in [0, 0.05) is 11.8 Å². The van der Waals surface area contributed by atoms with Gasteiger partial charge in [-0.15, -0.1) is 0 Å². The van der Waals surface area contributed by atoms with Crippen molar-refractivity contribution in [1.29, 1.82) is 0 Å². The zero-order chi connectivity index (χ0) is 12.4. The van der Waals surface area contributed by atoms with E-state index in [2.05, 4.69) is 4.98 Å². The van der Waals surface area contributed by atoms with Gasteiger partial charge in [-0.25, -0.2) is 4.39 Å². The molecule has 86 valence electrons. The number of phenols is 1. The number of carbonyl (C=O) groups is 1. The van der Waals surface area contributed by atoms with E-state index in [9.17, 15) is 14.3 Å². The lowest BCUT2D eigenvalue weighted by Crippen LogP contribution is -1.91. The lowest BCUT2D eigenvalue weighted by Gasteiger charge is -2.05. The molecule has 0 aliphatic heterocycles. The SMILES string of the molecule is O=Cc1cc(F)c(-c2ccc(Cl)cn2)cc1O. The Bertz CT molecular complexity index is 569. The topological polar surface area (TPSA) is 50.2 Å². The summed E-state index contributed by atoms with van der Waals surface area (Å²) in [7, 11) is 0. The molecule has 3 nitrogen and oxygen atoms in total. The second kappa shape index (κ2) is 4.51. The zero-order valence-corrected chi connectivity index (χ0v) is 9.28. The molecule has 0 saturated carbocycles. The lowest BCUT2D eigenvalue weighted by atomic mass is 10.1. The minimum absolute atomic E-state index is 0.0970. The molecule has 2 aromatic rings. The van der Waals surface area contributed by atoms with Crippen molar-refractivity contribution in [3.63, 3.8) is 0 Å². The van der Waals surface area contributed by atoms with Crippen molar-refractivity contribution in [2.45, 2.75) is 0 Å². The summed E-state index contributed by atoms with van der Waals surface area (Å²) in [5, 5.41) is 9.91. The van der Waals surface area contributed by atoms with E-state index in [4.69, 9.17) is 11.6 Å². The van der Waals surface area contributed by atoms with E-state index in [1.807, 2.05) is 0 Å². The maximum atomic E-state index is 13.7. The third kappa shape index (κ3) is 2.26. The van der Waals surface area contributed by atoms with Gasteiger partial charge in [0.05, 0.1) is 16.3 Å². The maximum absolute atomic E-state index is 13.7. The van der Waals surface area contributed by atoms with Crippen LogP contribution in [-0.2, 0) is 0 Å². The average Bonchev–Trinajstić information content (AvgIpc) is 2.33. The fraction of sp³-hybridized carbons (Fsp3) is 0. The van der Waals surface area contributed by atoms with Crippen LogP contribution in [0.15, 0.2) is 30.5 Å². The highest BCUT2D eigenvalue weighted by Gasteiger charge is 2.11. The quantitative estimate of drug-likeness (QED) is 0.835. The summed E-state index contributed by atoms with van der Waals surface area (Å²) in [6, 6.07) is 5.22. The number of aldehydes is 1. The second-order valence-electron chi connectivity index (χ2n) is 3.37. The monoisotopic (exact) mass is 251 g/mol. The number of hydrogen-bond acceptors (Lipinski definition) is 3. The predicted molar refractivity (Wildman–Crippen MR) is 61.7 cm³/mol. The van der Waals surface area contributed by atoms with Gasteiger partial charge in [0.15, 0.2) is 6.29 Å². The molecule has 0 spiro atoms. The van der Waals surface area contributed by atoms with Gasteiger partial charge in [0.2, 0.25) is 0 Å². The van der Waals surface area contributed by atoms with Crippen LogP contribution in [0.2, 0.25) is 5.02 Å². The molecule has 0 aliphatic carbocycles. The van der Waals surface area contributed by atoms with Gasteiger partial charge in [-0.05, 0) is 24.3 Å². The molecule has 1 heterocycles. The molecule has 1 N–H and O–H groups in total. The van der Waals surface area contributed by atoms with Crippen LogP contribution in [0.25, 0.3) is 11.3 Å². The van der Waals surface area contributed by atoms with Gasteiger partial charge < -0.3 is 5.11 Å². The molecule has 0 saturated heterocycles. The minimum Gasteiger partial charge on any atom is -0.507 e. The summed E-state index contributed by atoms with van der Waals surface area (Å²) < 4.78 is 13.7. The van der Waals surface area contributed by atoms with Crippen LogP contribution in [-0.4, -0.2) is 16.4 Å². The van der Waals surface area contributed by atoms with Gasteiger partial charge >= 0.3 is 0 Å². The average molecular weight is 252 g/mol. The van der Waals surface area contributed by atoms with E-state index in [-0.39, 0.29) is 16.9 Å². The number of hydrogen-bond donors (Lipinski definition) is 1. The molecule has 0 aliphatic rings. The summed E-state index contributed by atoms with van der Waals surface area (Å²) in [5.74, 6) is -0.909. The Hall–Kier alpha value is -1.94. The first-order valence-corrected chi connectivity index (χ1v) is 5.09. The van der Waals surface area contributed by atoms with Crippen molar-refractivity contribution in [2.75, 3.05) is 0 Å². The Kier molecular flexibility index (Phi) is 3.06. The highest BCUT2D eigenvalue weighted by Crippen LogP contribution is 2.28. The largest absolute Gasteiger partial charge is 0.507 e. The minimum atomic E-state index is -0.625. The number of carbonyl (C=O) groups excluding carboxylic acids is 1. The summed E-state index contributed by atoms with van der Waals surface area (Å²) in [6.45, 7) is 0. The number of rotatable bonds is 2. The normalized spacial score (nSPS) is 10.2. The summed E-state index contributed by atoms with van der Waals surface area (Å²) in [6.07, 6.45) is 1.76. The van der Waals surface area contributed by atoms with Crippen LogP contribution in [0.3, 0.4) is 0 Å². The third-order valence-electron chi connectivity index (χ3n) is 2.25. The Morgan fingerprint density at radius 3 is 2.71 bits per heavy atom. The molecule has 5 heteroatoms. The number of halogens is 2. The number of aromatic nitrogens is 1. The Balaban J connectivity index is 2.56. The van der Waals surface area contributed by atoms with Gasteiger partial charge in [-0.3, -0.25) is 9.78 Å². The number of phenolic OH excluding ortho intramolecular Hbond substituents is 1. The Labute approximate surface area is 101 Å². The lowest BCUT2D eigenvalue weighted by molar-refractivity contribution is 0.112. The first-order valence-electron chi connectivity index (χ1n) is 4.71. The van der Waals surface area contributed by atoms with Crippen molar-refractivity contribution >= 4 is 17.9 Å². The van der Waals surface area contributed by atoms with E-state index in [0.717, 1.165) is 12.1 Å². The van der Waals surface area contributed by atoms with Crippen molar-refractivity contribution in [1.82, 2.24) is 4.98 Å². The van der Waals surface area contributed by atoms with Crippen molar-refractivity contribution in [2.24, 2.45) is 0 Å². The van der Waals surface area contributed by atoms with Crippen LogP contribution in [0, 0.1) is 5.82 Å². The standard InChI is InChI=1S/C12H7ClFNO2/c13-8-1-2-11(15-5-8)9-4-12(17)7(6-16)3-10(9)14/h1-6,17H. The fourth-order valence-electron chi connectivity index (χ4n) is 1.40. The van der Waals surface area contributed by atoms with E-state index < -0.39 is 5.82 Å². The van der Waals surface area contributed by atoms with Gasteiger partial charge in [0.1, 0.15) is 11.6 Å². The number of nitrogens with zero attached hydrogens (tertiary/aromatic N) is 1. The summed E-state index contributed by atoms with van der Waals surface area (Å²) >= 11 is 5.67. The molecular weight excluding hydrogens is 245 g/mol. The van der Waals surface area contributed by atoms with E-state index in [0.29, 0.717) is 17.0 Å². The van der Waals surface area contributed by atoms with Crippen molar-refractivity contribution in [3.05, 3.63) is 46.9 Å². The molecule has 0 fully saturated rings. The third-order valence-corrected chi connectivity index (χ3v) is 2.47. The molecule has 0 atom stereocenters. The van der Waals surface area contributed by atoms with Crippen molar-refractivity contribution in [3.8, 4) is 17.0 Å². The van der Waals surface area contributed by atoms with E-state index in [1.54, 1.807) is 6.07 Å². The predicted octanol–water partition coefficient (Wildman–Crippen LogP) is 3.06. The highest BCUT2D eigenvalue weighted by molar-refractivity contribution is 6.30. The second-order valence-corrected chi connectivity index (χ2v) is 3.81. The van der Waals surface area contributed by atoms with Gasteiger partial charge in [-0.2, -0.15) is 0 Å². The summed E-state index contributed by atoms with van der Waals surface area (Å²) in [4.78, 5) is 14.4. The molecule has 0 unspecified atom stereocenters. The molecule has 1 aromatic heterocycles. The smallest absolute Gasteiger partial charge is 0.153 e. The maximum Gasteiger partial charge on any atom is 0.153 e. The van der Waals surface area contributed by atoms with E-state index >= 15 is 0 Å². The van der Waals surface area contributed by atoms with E-state index in [1.165, 1.54) is 12.3 Å². The van der Waals surface area contributed by atoms with Gasteiger partial charge in [0.25, 0.3) is 0 Å². The Morgan fingerprint density at radius 2 is 2.12 bits per heavy atom. The molecule has 0 radical (unpaired) electrons. The fourth-order valence-corrected chi connectivity index (χ4v) is 1.51. The van der Waals surface area contributed by atoms with Crippen molar-refractivity contribution < 1.29 is 14.3 Å². The van der Waals surface area contributed by atoms with Crippen LogP contribution in [0.4, 0.5) is 4.39 Å². The molecule has 2 rings (SSSR count). The van der Waals surface area contributed by atoms with Crippen LogP contribution in [0.5, 0.6) is 5.75 Å². The molecule has 17 heavy (non-hydrogen) atoms. The zero-order valence-electron chi connectivity index (χ0n) is 8.52. The van der Waals surface area contributed by atoms with Crippen LogP contribution in [0.1, 0.15) is 10.4 Å². The molecular formula is C12H7ClFNO2. The highest BCUT2D eigenvalue weighted by atomic mass is 35.5.